The molecule has 0 spiro atoms. The average Bonchev–Trinajstić information content (AvgIpc) is 2.88. The standard InChI is InChI=1S/C32H43NO2/c1-4-5-6-7-8-9-25-12-15-27(16-13-25)28-17-19-29(20-18-28)32(34)35-31-21-14-26(11-10-24(2)3)22-30(31)23-33/h14,17-22,24-25,27H,4-13,15-16H2,1-3H3. The van der Waals surface area contributed by atoms with Gasteiger partial charge in [0.2, 0.25) is 0 Å². The molecular formula is C32H43NO2. The lowest BCUT2D eigenvalue weighted by Crippen LogP contribution is -2.14. The third-order valence-corrected chi connectivity index (χ3v) is 7.56. The van der Waals surface area contributed by atoms with Crippen LogP contribution in [0.15, 0.2) is 42.5 Å². The number of rotatable bonds is 12. The Morgan fingerprint density at radius 2 is 1.71 bits per heavy atom. The Morgan fingerprint density at radius 1 is 1.00 bits per heavy atom. The van der Waals surface area contributed by atoms with Crippen molar-refractivity contribution in [1.82, 2.24) is 0 Å². The van der Waals surface area contributed by atoms with Crippen LogP contribution in [0.1, 0.15) is 124 Å². The minimum atomic E-state index is -0.408. The molecule has 0 aromatic heterocycles. The Kier molecular flexibility index (Phi) is 10.9. The number of nitrogens with zero attached hydrogens (tertiary/aromatic N) is 1. The molecule has 1 fully saturated rings. The van der Waals surface area contributed by atoms with Crippen LogP contribution in [-0.2, 0) is 6.42 Å². The summed E-state index contributed by atoms with van der Waals surface area (Å²) >= 11 is 0. The van der Waals surface area contributed by atoms with E-state index in [0.717, 1.165) is 24.3 Å². The maximum absolute atomic E-state index is 12.7. The number of aryl methyl sites for hydroxylation is 1. The first-order chi connectivity index (χ1) is 17.0. The highest BCUT2D eigenvalue weighted by Gasteiger charge is 2.22. The Hall–Kier alpha value is -2.60. The topological polar surface area (TPSA) is 50.1 Å². The first-order valence-electron chi connectivity index (χ1n) is 13.8. The highest BCUT2D eigenvalue weighted by Crippen LogP contribution is 2.38. The van der Waals surface area contributed by atoms with Gasteiger partial charge in [0.05, 0.1) is 11.1 Å². The first-order valence-corrected chi connectivity index (χ1v) is 13.8. The lowest BCUT2D eigenvalue weighted by molar-refractivity contribution is 0.0734. The molecule has 2 aromatic rings. The van der Waals surface area contributed by atoms with E-state index in [4.69, 9.17) is 4.74 Å². The van der Waals surface area contributed by atoms with Crippen molar-refractivity contribution in [1.29, 1.82) is 5.26 Å². The Labute approximate surface area is 212 Å². The molecule has 0 amide bonds. The molecule has 2 aromatic carbocycles. The lowest BCUT2D eigenvalue weighted by atomic mass is 9.77. The maximum Gasteiger partial charge on any atom is 0.343 e. The molecule has 0 aliphatic heterocycles. The monoisotopic (exact) mass is 473 g/mol. The third kappa shape index (κ3) is 8.53. The molecule has 188 valence electrons. The van der Waals surface area contributed by atoms with Crippen LogP contribution in [0.3, 0.4) is 0 Å². The van der Waals surface area contributed by atoms with Crippen molar-refractivity contribution >= 4 is 5.97 Å². The van der Waals surface area contributed by atoms with Crippen LogP contribution in [0.4, 0.5) is 0 Å². The molecule has 1 aliphatic rings. The summed E-state index contributed by atoms with van der Waals surface area (Å²) in [7, 11) is 0. The quantitative estimate of drug-likeness (QED) is 0.175. The van der Waals surface area contributed by atoms with E-state index in [9.17, 15) is 10.1 Å². The second-order valence-electron chi connectivity index (χ2n) is 10.8. The summed E-state index contributed by atoms with van der Waals surface area (Å²) in [5, 5.41) is 9.54. The molecule has 0 heterocycles. The van der Waals surface area contributed by atoms with Crippen molar-refractivity contribution in [3.63, 3.8) is 0 Å². The normalized spacial score (nSPS) is 17.8. The molecule has 0 saturated heterocycles. The Bertz CT molecular complexity index is 962. The zero-order valence-electron chi connectivity index (χ0n) is 22.0. The van der Waals surface area contributed by atoms with Crippen LogP contribution in [-0.4, -0.2) is 5.97 Å². The predicted molar refractivity (Wildman–Crippen MR) is 144 cm³/mol. The summed E-state index contributed by atoms with van der Waals surface area (Å²) in [5.74, 6) is 2.03. The molecular weight excluding hydrogens is 430 g/mol. The van der Waals surface area contributed by atoms with Gasteiger partial charge >= 0.3 is 5.97 Å². The van der Waals surface area contributed by atoms with Gasteiger partial charge in [-0.1, -0.05) is 77.5 Å². The van der Waals surface area contributed by atoms with E-state index < -0.39 is 5.97 Å². The fourth-order valence-corrected chi connectivity index (χ4v) is 5.24. The van der Waals surface area contributed by atoms with Gasteiger partial charge in [0, 0.05) is 0 Å². The predicted octanol–water partition coefficient (Wildman–Crippen LogP) is 9.00. The number of unbranched alkanes of at least 4 members (excludes halogenated alkanes) is 4. The highest BCUT2D eigenvalue weighted by molar-refractivity contribution is 5.91. The van der Waals surface area contributed by atoms with Gasteiger partial charge < -0.3 is 4.74 Å². The first kappa shape index (κ1) is 27.0. The fourth-order valence-electron chi connectivity index (χ4n) is 5.24. The zero-order chi connectivity index (χ0) is 25.0. The number of esters is 1. The van der Waals surface area contributed by atoms with E-state index in [1.165, 1.54) is 69.8 Å². The SMILES string of the molecule is CCCCCCCC1CCC(c2ccc(C(=O)Oc3ccc(CCC(C)C)cc3C#N)cc2)CC1. The van der Waals surface area contributed by atoms with E-state index in [1.807, 2.05) is 24.3 Å². The minimum Gasteiger partial charge on any atom is -0.422 e. The maximum atomic E-state index is 12.7. The lowest BCUT2D eigenvalue weighted by Gasteiger charge is -2.29. The van der Waals surface area contributed by atoms with E-state index in [1.54, 1.807) is 6.07 Å². The molecule has 3 rings (SSSR count). The van der Waals surface area contributed by atoms with Crippen LogP contribution in [0.2, 0.25) is 0 Å². The number of nitriles is 1. The van der Waals surface area contributed by atoms with Crippen LogP contribution in [0, 0.1) is 23.2 Å². The summed E-state index contributed by atoms with van der Waals surface area (Å²) in [5.41, 5.74) is 3.38. The van der Waals surface area contributed by atoms with Crippen molar-refractivity contribution in [3.8, 4) is 11.8 Å². The summed E-state index contributed by atoms with van der Waals surface area (Å²) in [6.45, 7) is 6.65. The number of hydrogen-bond acceptors (Lipinski definition) is 3. The number of carbonyl (C=O) groups excluding carboxylic acids is 1. The van der Waals surface area contributed by atoms with E-state index >= 15 is 0 Å². The molecule has 1 saturated carbocycles. The third-order valence-electron chi connectivity index (χ3n) is 7.56. The molecule has 3 nitrogen and oxygen atoms in total. The summed E-state index contributed by atoms with van der Waals surface area (Å²) in [6, 6.07) is 15.7. The van der Waals surface area contributed by atoms with Crippen molar-refractivity contribution in [2.45, 2.75) is 104 Å². The van der Waals surface area contributed by atoms with Crippen LogP contribution >= 0.6 is 0 Å². The van der Waals surface area contributed by atoms with Crippen molar-refractivity contribution in [3.05, 3.63) is 64.7 Å². The van der Waals surface area contributed by atoms with Gasteiger partial charge in [0.1, 0.15) is 11.8 Å². The Balaban J connectivity index is 1.50. The van der Waals surface area contributed by atoms with Crippen molar-refractivity contribution < 1.29 is 9.53 Å². The van der Waals surface area contributed by atoms with Gasteiger partial charge in [-0.3, -0.25) is 0 Å². The van der Waals surface area contributed by atoms with Crippen LogP contribution < -0.4 is 4.74 Å². The fraction of sp³-hybridized carbons (Fsp3) is 0.562. The smallest absolute Gasteiger partial charge is 0.343 e. The van der Waals surface area contributed by atoms with Crippen LogP contribution in [0.5, 0.6) is 5.75 Å². The molecule has 0 radical (unpaired) electrons. The number of hydrogen-bond donors (Lipinski definition) is 0. The number of benzene rings is 2. The molecule has 0 N–H and O–H groups in total. The van der Waals surface area contributed by atoms with E-state index in [0.29, 0.717) is 28.7 Å². The van der Waals surface area contributed by atoms with Gasteiger partial charge in [-0.05, 0) is 91.7 Å². The minimum absolute atomic E-state index is 0.336. The molecule has 0 unspecified atom stereocenters. The van der Waals surface area contributed by atoms with Gasteiger partial charge in [0.25, 0.3) is 0 Å². The molecule has 35 heavy (non-hydrogen) atoms. The summed E-state index contributed by atoms with van der Waals surface area (Å²) in [6.07, 6.45) is 15.4. The van der Waals surface area contributed by atoms with E-state index in [-0.39, 0.29) is 0 Å². The van der Waals surface area contributed by atoms with Gasteiger partial charge in [0.15, 0.2) is 0 Å². The van der Waals surface area contributed by atoms with Crippen molar-refractivity contribution in [2.24, 2.45) is 11.8 Å². The molecule has 1 aliphatic carbocycles. The molecule has 0 bridgehead atoms. The highest BCUT2D eigenvalue weighted by atomic mass is 16.5. The van der Waals surface area contributed by atoms with Crippen molar-refractivity contribution in [2.75, 3.05) is 0 Å². The van der Waals surface area contributed by atoms with E-state index in [2.05, 4.69) is 39.0 Å². The summed E-state index contributed by atoms with van der Waals surface area (Å²) in [4.78, 5) is 12.7. The average molecular weight is 474 g/mol. The van der Waals surface area contributed by atoms with Gasteiger partial charge in [-0.2, -0.15) is 5.26 Å². The van der Waals surface area contributed by atoms with Gasteiger partial charge in [-0.25, -0.2) is 4.79 Å². The second kappa shape index (κ2) is 14.1. The van der Waals surface area contributed by atoms with Crippen LogP contribution in [0.25, 0.3) is 0 Å². The molecule has 3 heteroatoms. The largest absolute Gasteiger partial charge is 0.422 e. The second-order valence-corrected chi connectivity index (χ2v) is 10.8. The van der Waals surface area contributed by atoms with Gasteiger partial charge in [-0.15, -0.1) is 0 Å². The summed E-state index contributed by atoms with van der Waals surface area (Å²) < 4.78 is 5.60. The Morgan fingerprint density at radius 3 is 2.37 bits per heavy atom. The number of carbonyl (C=O) groups is 1. The zero-order valence-corrected chi connectivity index (χ0v) is 22.0. The molecule has 0 atom stereocenters. The number of ether oxygens (including phenoxy) is 1.